The lowest BCUT2D eigenvalue weighted by molar-refractivity contribution is 0.0512. The Balaban J connectivity index is 2.10. The average molecular weight is 308 g/mol. The van der Waals surface area contributed by atoms with Gasteiger partial charge in [-0.3, -0.25) is 4.79 Å². The van der Waals surface area contributed by atoms with Crippen LogP contribution in [0.4, 0.5) is 4.39 Å². The molecule has 0 aliphatic carbocycles. The Labute approximate surface area is 131 Å². The van der Waals surface area contributed by atoms with Crippen LogP contribution >= 0.6 is 0 Å². The lowest BCUT2D eigenvalue weighted by atomic mass is 10.1. The molecule has 122 valence electrons. The number of nitrogens with zero attached hydrogens (tertiary/aromatic N) is 2. The first-order chi connectivity index (χ1) is 10.5. The van der Waals surface area contributed by atoms with Gasteiger partial charge in [-0.1, -0.05) is 6.07 Å². The van der Waals surface area contributed by atoms with Crippen LogP contribution in [-0.4, -0.2) is 62.1 Å². The fourth-order valence-corrected chi connectivity index (χ4v) is 2.54. The predicted octanol–water partition coefficient (Wildman–Crippen LogP) is 2.32. The van der Waals surface area contributed by atoms with Crippen molar-refractivity contribution < 1.29 is 13.9 Å². The summed E-state index contributed by atoms with van der Waals surface area (Å²) in [6.45, 7) is 4.41. The number of hydrogen-bond acceptors (Lipinski definition) is 3. The predicted molar refractivity (Wildman–Crippen MR) is 84.6 cm³/mol. The van der Waals surface area contributed by atoms with Crippen molar-refractivity contribution in [2.45, 2.75) is 25.9 Å². The molecular formula is C17H25FN2O2. The van der Waals surface area contributed by atoms with Gasteiger partial charge in [-0.05, 0) is 51.6 Å². The van der Waals surface area contributed by atoms with Crippen LogP contribution in [0.25, 0.3) is 0 Å². The van der Waals surface area contributed by atoms with E-state index < -0.39 is 0 Å². The second kappa shape index (κ2) is 7.70. The van der Waals surface area contributed by atoms with Gasteiger partial charge >= 0.3 is 0 Å². The van der Waals surface area contributed by atoms with E-state index in [4.69, 9.17) is 4.74 Å². The third-order valence-electron chi connectivity index (χ3n) is 3.97. The molecule has 0 saturated carbocycles. The van der Waals surface area contributed by atoms with E-state index in [1.807, 2.05) is 19.0 Å². The molecule has 1 unspecified atom stereocenters. The fourth-order valence-electron chi connectivity index (χ4n) is 2.54. The molecule has 2 rings (SSSR count). The van der Waals surface area contributed by atoms with E-state index >= 15 is 0 Å². The van der Waals surface area contributed by atoms with Crippen LogP contribution in [0.1, 0.15) is 28.8 Å². The van der Waals surface area contributed by atoms with Gasteiger partial charge < -0.3 is 14.5 Å². The highest BCUT2D eigenvalue weighted by atomic mass is 19.1. The van der Waals surface area contributed by atoms with Gasteiger partial charge in [-0.2, -0.15) is 0 Å². The minimum atomic E-state index is -0.337. The van der Waals surface area contributed by atoms with E-state index in [0.717, 1.165) is 26.0 Å². The molecule has 0 radical (unpaired) electrons. The maximum absolute atomic E-state index is 13.7. The number of carbonyl (C=O) groups is 1. The molecule has 0 bridgehead atoms. The van der Waals surface area contributed by atoms with Crippen LogP contribution in [0.15, 0.2) is 18.2 Å². The summed E-state index contributed by atoms with van der Waals surface area (Å²) in [5, 5.41) is 0. The van der Waals surface area contributed by atoms with E-state index in [1.165, 1.54) is 6.07 Å². The van der Waals surface area contributed by atoms with Gasteiger partial charge in [0.2, 0.25) is 0 Å². The first kappa shape index (κ1) is 16.9. The average Bonchev–Trinajstić information content (AvgIpc) is 2.98. The second-order valence-corrected chi connectivity index (χ2v) is 6.15. The number of ether oxygens (including phenoxy) is 1. The zero-order chi connectivity index (χ0) is 16.1. The molecule has 1 heterocycles. The summed E-state index contributed by atoms with van der Waals surface area (Å²) in [5.41, 5.74) is 0.954. The van der Waals surface area contributed by atoms with E-state index in [-0.39, 0.29) is 17.8 Å². The smallest absolute Gasteiger partial charge is 0.254 e. The van der Waals surface area contributed by atoms with Crippen molar-refractivity contribution in [3.63, 3.8) is 0 Å². The van der Waals surface area contributed by atoms with Crippen molar-refractivity contribution in [1.29, 1.82) is 0 Å². The number of amides is 1. The highest BCUT2D eigenvalue weighted by Crippen LogP contribution is 2.16. The van der Waals surface area contributed by atoms with Crippen LogP contribution in [0, 0.1) is 12.7 Å². The van der Waals surface area contributed by atoms with Crippen LogP contribution in [0.3, 0.4) is 0 Å². The normalized spacial score (nSPS) is 18.0. The quantitative estimate of drug-likeness (QED) is 0.808. The first-order valence-corrected chi connectivity index (χ1v) is 7.79. The Kier molecular flexibility index (Phi) is 5.91. The number of aryl methyl sites for hydroxylation is 1. The Bertz CT molecular complexity index is 513. The van der Waals surface area contributed by atoms with Crippen molar-refractivity contribution in [3.8, 4) is 0 Å². The molecule has 1 aromatic carbocycles. The Morgan fingerprint density at radius 1 is 1.36 bits per heavy atom. The zero-order valence-electron chi connectivity index (χ0n) is 13.6. The molecule has 4 nitrogen and oxygen atoms in total. The third-order valence-corrected chi connectivity index (χ3v) is 3.97. The molecule has 0 aromatic heterocycles. The minimum absolute atomic E-state index is 0.0985. The van der Waals surface area contributed by atoms with Crippen molar-refractivity contribution >= 4 is 5.91 Å². The second-order valence-electron chi connectivity index (χ2n) is 6.15. The number of likely N-dealkylation sites (N-methyl/N-ethyl adjacent to an activating group) is 1. The lowest BCUT2D eigenvalue weighted by Crippen LogP contribution is -2.41. The summed E-state index contributed by atoms with van der Waals surface area (Å²) in [6, 6.07) is 4.67. The molecule has 0 spiro atoms. The first-order valence-electron chi connectivity index (χ1n) is 7.79. The molecule has 1 amide bonds. The summed E-state index contributed by atoms with van der Waals surface area (Å²) in [4.78, 5) is 16.5. The number of benzene rings is 1. The fraction of sp³-hybridized carbons (Fsp3) is 0.588. The maximum atomic E-state index is 13.7. The minimum Gasteiger partial charge on any atom is -0.376 e. The number of hydrogen-bond donors (Lipinski definition) is 0. The molecule has 5 heteroatoms. The third kappa shape index (κ3) is 4.52. The molecule has 1 atom stereocenters. The summed E-state index contributed by atoms with van der Waals surface area (Å²) < 4.78 is 19.4. The molecule has 0 N–H and O–H groups in total. The molecular weight excluding hydrogens is 283 g/mol. The van der Waals surface area contributed by atoms with Crippen molar-refractivity contribution in [2.24, 2.45) is 0 Å². The van der Waals surface area contributed by atoms with E-state index in [1.54, 1.807) is 24.0 Å². The maximum Gasteiger partial charge on any atom is 0.254 e. The van der Waals surface area contributed by atoms with E-state index in [0.29, 0.717) is 24.2 Å². The number of halogens is 1. The summed E-state index contributed by atoms with van der Waals surface area (Å²) in [6.07, 6.45) is 2.12. The van der Waals surface area contributed by atoms with E-state index in [2.05, 4.69) is 0 Å². The molecule has 22 heavy (non-hydrogen) atoms. The summed E-state index contributed by atoms with van der Waals surface area (Å²) in [7, 11) is 3.94. The Morgan fingerprint density at radius 3 is 2.73 bits per heavy atom. The lowest BCUT2D eigenvalue weighted by Gasteiger charge is -2.27. The summed E-state index contributed by atoms with van der Waals surface area (Å²) >= 11 is 0. The van der Waals surface area contributed by atoms with Crippen LogP contribution < -0.4 is 0 Å². The van der Waals surface area contributed by atoms with Gasteiger partial charge in [0.1, 0.15) is 5.82 Å². The van der Waals surface area contributed by atoms with Crippen molar-refractivity contribution in [1.82, 2.24) is 9.80 Å². The van der Waals surface area contributed by atoms with Crippen molar-refractivity contribution in [2.75, 3.05) is 40.3 Å². The van der Waals surface area contributed by atoms with Gasteiger partial charge in [0.05, 0.1) is 6.10 Å². The Morgan fingerprint density at radius 2 is 2.14 bits per heavy atom. The van der Waals surface area contributed by atoms with Gasteiger partial charge in [0, 0.05) is 31.8 Å². The van der Waals surface area contributed by atoms with Gasteiger partial charge in [-0.15, -0.1) is 0 Å². The largest absolute Gasteiger partial charge is 0.376 e. The standard InChI is InChI=1S/C17H25FN2O2/c1-13-6-7-14(11-16(13)18)17(21)20(9-8-19(2)3)12-15-5-4-10-22-15/h6-7,11,15H,4-5,8-10,12H2,1-3H3. The topological polar surface area (TPSA) is 32.8 Å². The molecule has 1 aliphatic rings. The number of rotatable bonds is 6. The van der Waals surface area contributed by atoms with Gasteiger partial charge in [0.25, 0.3) is 5.91 Å². The molecule has 1 fully saturated rings. The van der Waals surface area contributed by atoms with Crippen LogP contribution in [0.5, 0.6) is 0 Å². The molecule has 1 aliphatic heterocycles. The van der Waals surface area contributed by atoms with Crippen LogP contribution in [-0.2, 0) is 4.74 Å². The molecule has 1 aromatic rings. The van der Waals surface area contributed by atoms with Crippen LogP contribution in [0.2, 0.25) is 0 Å². The van der Waals surface area contributed by atoms with Gasteiger partial charge in [-0.25, -0.2) is 4.39 Å². The SMILES string of the molecule is Cc1ccc(C(=O)N(CCN(C)C)CC2CCCO2)cc1F. The van der Waals surface area contributed by atoms with Gasteiger partial charge in [0.15, 0.2) is 0 Å². The van der Waals surface area contributed by atoms with Crippen molar-refractivity contribution in [3.05, 3.63) is 35.1 Å². The number of carbonyl (C=O) groups excluding carboxylic acids is 1. The highest BCUT2D eigenvalue weighted by Gasteiger charge is 2.23. The molecule has 1 saturated heterocycles. The monoisotopic (exact) mass is 308 g/mol. The summed E-state index contributed by atoms with van der Waals surface area (Å²) in [5.74, 6) is -0.466. The highest BCUT2D eigenvalue weighted by molar-refractivity contribution is 5.94. The van der Waals surface area contributed by atoms with E-state index in [9.17, 15) is 9.18 Å². The Hall–Kier alpha value is -1.46. The zero-order valence-corrected chi connectivity index (χ0v) is 13.6.